The van der Waals surface area contributed by atoms with Crippen LogP contribution < -0.4 is 15.0 Å². The molecule has 2 aliphatic rings. The van der Waals surface area contributed by atoms with Crippen LogP contribution in [0, 0.1) is 0 Å². The maximum atomic E-state index is 13.7. The number of rotatable bonds is 7. The Balaban J connectivity index is 1.72. The monoisotopic (exact) mass is 468 g/mol. The molecule has 34 heavy (non-hydrogen) atoms. The second kappa shape index (κ2) is 9.87. The van der Waals surface area contributed by atoms with Gasteiger partial charge in [0.2, 0.25) is 5.91 Å². The third-order valence-electron chi connectivity index (χ3n) is 6.47. The number of esters is 1. The number of fused-ring (bicyclic) bond motifs is 1. The first-order chi connectivity index (χ1) is 16.4. The maximum absolute atomic E-state index is 13.7. The summed E-state index contributed by atoms with van der Waals surface area (Å²) in [7, 11) is 0. The molecule has 1 aliphatic carbocycles. The molecule has 1 aromatic heterocycles. The number of amides is 2. The summed E-state index contributed by atoms with van der Waals surface area (Å²) < 4.78 is 12.0. The van der Waals surface area contributed by atoms with Crippen molar-refractivity contribution < 1.29 is 23.9 Å². The van der Waals surface area contributed by atoms with E-state index in [9.17, 15) is 14.4 Å². The van der Waals surface area contributed by atoms with E-state index < -0.39 is 17.4 Å². The van der Waals surface area contributed by atoms with Gasteiger partial charge in [0, 0.05) is 17.8 Å². The summed E-state index contributed by atoms with van der Waals surface area (Å²) in [4.78, 5) is 41.2. The van der Waals surface area contributed by atoms with E-state index in [0.717, 1.165) is 25.7 Å². The second-order valence-corrected chi connectivity index (χ2v) is 8.94. The summed E-state index contributed by atoms with van der Waals surface area (Å²) >= 11 is 0. The minimum atomic E-state index is -1.24. The van der Waals surface area contributed by atoms with Gasteiger partial charge in [-0.1, -0.05) is 19.3 Å². The Bertz CT molecular complexity index is 1060. The number of hydrogen-bond acceptors (Lipinski definition) is 6. The molecule has 0 radical (unpaired) electrons. The number of ether oxygens (including phenoxy) is 2. The lowest BCUT2D eigenvalue weighted by Crippen LogP contribution is -2.65. The van der Waals surface area contributed by atoms with E-state index in [1.807, 2.05) is 6.92 Å². The molecular formula is C25H32N4O5. The molecule has 0 bridgehead atoms. The molecule has 0 spiro atoms. The van der Waals surface area contributed by atoms with Gasteiger partial charge in [-0.3, -0.25) is 19.2 Å². The molecule has 9 heteroatoms. The number of nitrogens with zero attached hydrogens (tertiary/aromatic N) is 3. The first kappa shape index (κ1) is 23.8. The first-order valence-corrected chi connectivity index (χ1v) is 12.0. The fourth-order valence-corrected chi connectivity index (χ4v) is 4.74. The van der Waals surface area contributed by atoms with Crippen LogP contribution in [0.3, 0.4) is 0 Å². The van der Waals surface area contributed by atoms with E-state index in [1.54, 1.807) is 38.1 Å². The number of anilines is 1. The Kier molecular flexibility index (Phi) is 6.90. The molecule has 1 unspecified atom stereocenters. The van der Waals surface area contributed by atoms with Crippen LogP contribution in [0.5, 0.6) is 5.75 Å². The van der Waals surface area contributed by atoms with Crippen molar-refractivity contribution in [1.82, 2.24) is 15.1 Å². The predicted octanol–water partition coefficient (Wildman–Crippen LogP) is 3.33. The number of benzene rings is 1. The van der Waals surface area contributed by atoms with Crippen LogP contribution in [0.15, 0.2) is 30.3 Å². The Morgan fingerprint density at radius 1 is 1.12 bits per heavy atom. The lowest BCUT2D eigenvalue weighted by molar-refractivity contribution is -0.127. The van der Waals surface area contributed by atoms with Gasteiger partial charge in [0.05, 0.1) is 19.8 Å². The Morgan fingerprint density at radius 3 is 2.47 bits per heavy atom. The topological polar surface area (TPSA) is 103 Å². The smallest absolute Gasteiger partial charge is 0.358 e. The van der Waals surface area contributed by atoms with Crippen LogP contribution >= 0.6 is 0 Å². The Hall–Kier alpha value is -3.36. The molecule has 1 aromatic carbocycles. The largest absolute Gasteiger partial charge is 0.494 e. The van der Waals surface area contributed by atoms with Gasteiger partial charge in [0.1, 0.15) is 17.0 Å². The minimum absolute atomic E-state index is 0.0498. The quantitative estimate of drug-likeness (QED) is 0.626. The first-order valence-electron chi connectivity index (χ1n) is 12.0. The average molecular weight is 469 g/mol. The van der Waals surface area contributed by atoms with Gasteiger partial charge < -0.3 is 14.8 Å². The van der Waals surface area contributed by atoms with E-state index in [-0.39, 0.29) is 36.5 Å². The fourth-order valence-electron chi connectivity index (χ4n) is 4.74. The minimum Gasteiger partial charge on any atom is -0.494 e. The maximum Gasteiger partial charge on any atom is 0.358 e. The van der Waals surface area contributed by atoms with Crippen molar-refractivity contribution in [2.75, 3.05) is 18.1 Å². The second-order valence-electron chi connectivity index (χ2n) is 8.94. The molecule has 2 amide bonds. The lowest BCUT2D eigenvalue weighted by atomic mass is 9.91. The zero-order valence-electron chi connectivity index (χ0n) is 20.0. The highest BCUT2D eigenvalue weighted by Crippen LogP contribution is 2.34. The summed E-state index contributed by atoms with van der Waals surface area (Å²) in [6, 6.07) is 8.62. The van der Waals surface area contributed by atoms with Gasteiger partial charge in [-0.05, 0) is 57.9 Å². The van der Waals surface area contributed by atoms with E-state index in [2.05, 4.69) is 10.4 Å². The number of hydrogen-bond donors (Lipinski definition) is 1. The Morgan fingerprint density at radius 2 is 1.82 bits per heavy atom. The molecule has 4 rings (SSSR count). The van der Waals surface area contributed by atoms with E-state index in [1.165, 1.54) is 22.1 Å². The van der Waals surface area contributed by atoms with Crippen molar-refractivity contribution >= 4 is 23.5 Å². The fraction of sp³-hybridized carbons (Fsp3) is 0.520. The zero-order chi connectivity index (χ0) is 24.3. The number of nitrogens with one attached hydrogen (secondary N) is 1. The van der Waals surface area contributed by atoms with Gasteiger partial charge in [-0.25, -0.2) is 4.79 Å². The summed E-state index contributed by atoms with van der Waals surface area (Å²) in [5.41, 5.74) is -0.388. The molecule has 182 valence electrons. The third kappa shape index (κ3) is 4.51. The van der Waals surface area contributed by atoms with Crippen molar-refractivity contribution in [2.45, 2.75) is 71.0 Å². The summed E-state index contributed by atoms with van der Waals surface area (Å²) in [6.07, 6.45) is 5.19. The molecule has 0 saturated heterocycles. The summed E-state index contributed by atoms with van der Waals surface area (Å²) in [5.74, 6) is -0.558. The lowest BCUT2D eigenvalue weighted by Gasteiger charge is -2.44. The molecule has 2 aromatic rings. The van der Waals surface area contributed by atoms with Crippen molar-refractivity contribution in [1.29, 1.82) is 0 Å². The predicted molar refractivity (Wildman–Crippen MR) is 126 cm³/mol. The van der Waals surface area contributed by atoms with E-state index in [0.29, 0.717) is 18.0 Å². The van der Waals surface area contributed by atoms with E-state index >= 15 is 0 Å². The van der Waals surface area contributed by atoms with Crippen LogP contribution in [0.25, 0.3) is 0 Å². The highest BCUT2D eigenvalue weighted by atomic mass is 16.5. The number of carbonyl (C=O) groups is 3. The Labute approximate surface area is 199 Å². The normalized spacial score (nSPS) is 20.6. The SMILES string of the molecule is CCOC(=O)c1cc2n(n1)CC(C)(C(=O)NC1CCCCC1)N(c1ccc(OCC)cc1)C2=O. The van der Waals surface area contributed by atoms with Gasteiger partial charge in [0.15, 0.2) is 5.69 Å². The van der Waals surface area contributed by atoms with Crippen molar-refractivity contribution in [3.8, 4) is 5.75 Å². The van der Waals surface area contributed by atoms with Gasteiger partial charge in [-0.2, -0.15) is 5.10 Å². The zero-order valence-corrected chi connectivity index (χ0v) is 20.0. The summed E-state index contributed by atoms with van der Waals surface area (Å²) in [6.45, 7) is 6.19. The van der Waals surface area contributed by atoms with Crippen LogP contribution in [-0.4, -0.2) is 52.4 Å². The molecular weight excluding hydrogens is 436 g/mol. The van der Waals surface area contributed by atoms with Gasteiger partial charge in [0.25, 0.3) is 5.91 Å². The average Bonchev–Trinajstić information content (AvgIpc) is 3.25. The van der Waals surface area contributed by atoms with Crippen LogP contribution in [-0.2, 0) is 16.1 Å². The van der Waals surface area contributed by atoms with Crippen molar-refractivity contribution in [3.05, 3.63) is 41.7 Å². The van der Waals surface area contributed by atoms with Crippen LogP contribution in [0.4, 0.5) is 5.69 Å². The molecule has 1 saturated carbocycles. The number of aromatic nitrogens is 2. The van der Waals surface area contributed by atoms with Gasteiger partial charge in [-0.15, -0.1) is 0 Å². The van der Waals surface area contributed by atoms with Crippen molar-refractivity contribution in [2.24, 2.45) is 0 Å². The summed E-state index contributed by atoms with van der Waals surface area (Å²) in [5, 5.41) is 7.48. The highest BCUT2D eigenvalue weighted by Gasteiger charge is 2.49. The van der Waals surface area contributed by atoms with Gasteiger partial charge >= 0.3 is 5.97 Å². The van der Waals surface area contributed by atoms with Crippen LogP contribution in [0.2, 0.25) is 0 Å². The third-order valence-corrected chi connectivity index (χ3v) is 6.47. The van der Waals surface area contributed by atoms with Crippen molar-refractivity contribution in [3.63, 3.8) is 0 Å². The highest BCUT2D eigenvalue weighted by molar-refractivity contribution is 6.12. The number of carbonyl (C=O) groups excluding carboxylic acids is 3. The molecule has 1 atom stereocenters. The molecule has 1 N–H and O–H groups in total. The molecule has 1 fully saturated rings. The van der Waals surface area contributed by atoms with Crippen LogP contribution in [0.1, 0.15) is 73.9 Å². The molecule has 1 aliphatic heterocycles. The molecule has 9 nitrogen and oxygen atoms in total. The molecule has 2 heterocycles. The van der Waals surface area contributed by atoms with E-state index in [4.69, 9.17) is 9.47 Å². The standard InChI is InChI=1S/C25H32N4O5/c1-4-33-19-13-11-18(12-14-19)29-22(30)21-15-20(23(31)34-5-2)27-28(21)16-25(29,3)24(32)26-17-9-7-6-8-10-17/h11-15,17H,4-10,16H2,1-3H3,(H,26,32).